The van der Waals surface area contributed by atoms with E-state index in [0.717, 1.165) is 16.3 Å². The van der Waals surface area contributed by atoms with Crippen LogP contribution in [0.4, 0.5) is 5.69 Å². The van der Waals surface area contributed by atoms with Gasteiger partial charge in [-0.25, -0.2) is 4.98 Å². The van der Waals surface area contributed by atoms with Gasteiger partial charge in [-0.1, -0.05) is 29.8 Å². The van der Waals surface area contributed by atoms with Gasteiger partial charge < -0.3 is 5.32 Å². The molecule has 0 aliphatic rings. The van der Waals surface area contributed by atoms with Crippen LogP contribution in [0.1, 0.15) is 21.6 Å². The van der Waals surface area contributed by atoms with E-state index in [9.17, 15) is 14.9 Å². The summed E-state index contributed by atoms with van der Waals surface area (Å²) in [4.78, 5) is 27.4. The van der Waals surface area contributed by atoms with Gasteiger partial charge >= 0.3 is 0 Å². The number of nitrogens with zero attached hydrogens (tertiary/aromatic N) is 2. The van der Waals surface area contributed by atoms with Crippen molar-refractivity contribution in [2.24, 2.45) is 0 Å². The number of rotatable bonds is 6. The van der Waals surface area contributed by atoms with Crippen LogP contribution < -0.4 is 5.32 Å². The fraction of sp³-hybridized carbons (Fsp3) is 0.158. The zero-order chi connectivity index (χ0) is 19.4. The summed E-state index contributed by atoms with van der Waals surface area (Å²) in [5, 5.41) is 17.3. The zero-order valence-corrected chi connectivity index (χ0v) is 16.0. The highest BCUT2D eigenvalue weighted by molar-refractivity contribution is 7.13. The normalized spacial score (nSPS) is 10.6. The fourth-order valence-electron chi connectivity index (χ4n) is 2.61. The van der Waals surface area contributed by atoms with Gasteiger partial charge in [-0.2, -0.15) is 0 Å². The third-order valence-electron chi connectivity index (χ3n) is 4.06. The van der Waals surface area contributed by atoms with Gasteiger partial charge in [0.15, 0.2) is 0 Å². The van der Waals surface area contributed by atoms with Crippen molar-refractivity contribution >= 4 is 34.5 Å². The largest absolute Gasteiger partial charge is 0.352 e. The average molecular weight is 402 g/mol. The summed E-state index contributed by atoms with van der Waals surface area (Å²) in [7, 11) is 0. The quantitative estimate of drug-likeness (QED) is 0.481. The minimum atomic E-state index is -0.486. The van der Waals surface area contributed by atoms with E-state index in [1.807, 2.05) is 29.6 Å². The van der Waals surface area contributed by atoms with E-state index < -0.39 is 4.92 Å². The molecular weight excluding hydrogens is 386 g/mol. The standard InChI is InChI=1S/C19H16ClN3O3S/c1-12-16(3-2-4-17(12)23(25)26)18(24)21-10-9-15-11-27-19(22-15)13-5-7-14(20)8-6-13/h2-8,11H,9-10H2,1H3,(H,21,24). The van der Waals surface area contributed by atoms with Crippen LogP contribution in [0.2, 0.25) is 5.02 Å². The minimum Gasteiger partial charge on any atom is -0.352 e. The first-order chi connectivity index (χ1) is 13.0. The first kappa shape index (κ1) is 19.0. The number of benzene rings is 2. The number of carbonyl (C=O) groups is 1. The molecule has 0 aliphatic carbocycles. The Morgan fingerprint density at radius 1 is 1.26 bits per heavy atom. The summed E-state index contributed by atoms with van der Waals surface area (Å²) in [5.41, 5.74) is 2.48. The van der Waals surface area contributed by atoms with Crippen molar-refractivity contribution in [3.05, 3.63) is 79.8 Å². The molecule has 1 N–H and O–H groups in total. The maximum Gasteiger partial charge on any atom is 0.273 e. The van der Waals surface area contributed by atoms with Crippen molar-refractivity contribution in [3.63, 3.8) is 0 Å². The lowest BCUT2D eigenvalue weighted by atomic mass is 10.1. The van der Waals surface area contributed by atoms with Crippen LogP contribution >= 0.6 is 22.9 Å². The second-order valence-corrected chi connectivity index (χ2v) is 7.16. The molecule has 1 aromatic heterocycles. The van der Waals surface area contributed by atoms with Crippen molar-refractivity contribution in [1.29, 1.82) is 0 Å². The van der Waals surface area contributed by atoms with Gasteiger partial charge in [0.25, 0.3) is 11.6 Å². The van der Waals surface area contributed by atoms with E-state index in [1.165, 1.54) is 23.5 Å². The topological polar surface area (TPSA) is 85.1 Å². The van der Waals surface area contributed by atoms with Crippen molar-refractivity contribution in [1.82, 2.24) is 10.3 Å². The summed E-state index contributed by atoms with van der Waals surface area (Å²) in [6.07, 6.45) is 0.573. The zero-order valence-electron chi connectivity index (χ0n) is 14.4. The summed E-state index contributed by atoms with van der Waals surface area (Å²) in [6.45, 7) is 1.97. The van der Waals surface area contributed by atoms with Gasteiger partial charge in [-0.05, 0) is 25.1 Å². The smallest absolute Gasteiger partial charge is 0.273 e. The highest BCUT2D eigenvalue weighted by Crippen LogP contribution is 2.25. The van der Waals surface area contributed by atoms with E-state index in [0.29, 0.717) is 29.1 Å². The monoisotopic (exact) mass is 401 g/mol. The molecule has 27 heavy (non-hydrogen) atoms. The Balaban J connectivity index is 1.60. The molecule has 0 saturated heterocycles. The van der Waals surface area contributed by atoms with Gasteiger partial charge in [0.1, 0.15) is 5.01 Å². The van der Waals surface area contributed by atoms with Crippen LogP contribution in [0.15, 0.2) is 47.8 Å². The number of hydrogen-bond donors (Lipinski definition) is 1. The summed E-state index contributed by atoms with van der Waals surface area (Å²) in [6, 6.07) is 12.0. The Morgan fingerprint density at radius 3 is 2.70 bits per heavy atom. The number of nitrogens with one attached hydrogen (secondary N) is 1. The maximum atomic E-state index is 12.3. The minimum absolute atomic E-state index is 0.0604. The van der Waals surface area contributed by atoms with Crippen LogP contribution in [0.5, 0.6) is 0 Å². The van der Waals surface area contributed by atoms with Crippen LogP contribution in [0.25, 0.3) is 10.6 Å². The number of nitro benzene ring substituents is 1. The summed E-state index contributed by atoms with van der Waals surface area (Å²) < 4.78 is 0. The SMILES string of the molecule is Cc1c(C(=O)NCCc2csc(-c3ccc(Cl)cc3)n2)cccc1[N+](=O)[O-]. The van der Waals surface area contributed by atoms with Crippen LogP contribution in [0, 0.1) is 17.0 Å². The molecule has 0 bridgehead atoms. The third kappa shape index (κ3) is 4.50. The van der Waals surface area contributed by atoms with Crippen molar-refractivity contribution in [3.8, 4) is 10.6 Å². The van der Waals surface area contributed by atoms with Gasteiger partial charge in [0.2, 0.25) is 0 Å². The molecule has 1 heterocycles. The van der Waals surface area contributed by atoms with Crippen LogP contribution in [-0.2, 0) is 6.42 Å². The van der Waals surface area contributed by atoms with Crippen molar-refractivity contribution in [2.45, 2.75) is 13.3 Å². The average Bonchev–Trinajstić information content (AvgIpc) is 3.11. The Morgan fingerprint density at radius 2 is 2.00 bits per heavy atom. The number of nitro groups is 1. The molecule has 0 spiro atoms. The van der Waals surface area contributed by atoms with Gasteiger partial charge in [-0.3, -0.25) is 14.9 Å². The molecule has 0 atom stereocenters. The van der Waals surface area contributed by atoms with E-state index in [4.69, 9.17) is 11.6 Å². The molecule has 0 saturated carbocycles. The first-order valence-electron chi connectivity index (χ1n) is 8.18. The first-order valence-corrected chi connectivity index (χ1v) is 9.44. The number of halogens is 1. The molecule has 6 nitrogen and oxygen atoms in total. The number of thiazole rings is 1. The molecule has 0 radical (unpaired) electrons. The number of aromatic nitrogens is 1. The molecule has 1 amide bonds. The Kier molecular flexibility index (Phi) is 5.83. The van der Waals surface area contributed by atoms with Crippen LogP contribution in [0.3, 0.4) is 0 Å². The van der Waals surface area contributed by atoms with Gasteiger partial charge in [0, 0.05) is 46.1 Å². The highest BCUT2D eigenvalue weighted by Gasteiger charge is 2.17. The Labute approximate surface area is 165 Å². The molecule has 0 aliphatic heterocycles. The van der Waals surface area contributed by atoms with E-state index in [1.54, 1.807) is 13.0 Å². The molecule has 8 heteroatoms. The predicted octanol–water partition coefficient (Wildman–Crippen LogP) is 4.65. The molecule has 2 aromatic carbocycles. The predicted molar refractivity (Wildman–Crippen MR) is 106 cm³/mol. The Hall–Kier alpha value is -2.77. The van der Waals surface area contributed by atoms with Crippen molar-refractivity contribution in [2.75, 3.05) is 6.54 Å². The lowest BCUT2D eigenvalue weighted by Gasteiger charge is -2.07. The fourth-order valence-corrected chi connectivity index (χ4v) is 3.60. The molecule has 138 valence electrons. The van der Waals surface area contributed by atoms with Crippen molar-refractivity contribution < 1.29 is 9.72 Å². The molecule has 0 unspecified atom stereocenters. The highest BCUT2D eigenvalue weighted by atomic mass is 35.5. The summed E-state index contributed by atoms with van der Waals surface area (Å²) in [5.74, 6) is -0.329. The maximum absolute atomic E-state index is 12.3. The number of amides is 1. The molecule has 3 aromatic rings. The number of carbonyl (C=O) groups excluding carboxylic acids is 1. The lowest BCUT2D eigenvalue weighted by Crippen LogP contribution is -2.26. The molecule has 0 fully saturated rings. The molecular formula is C19H16ClN3O3S. The summed E-state index contributed by atoms with van der Waals surface area (Å²) >= 11 is 7.43. The lowest BCUT2D eigenvalue weighted by molar-refractivity contribution is -0.385. The second kappa shape index (κ2) is 8.28. The van der Waals surface area contributed by atoms with E-state index in [2.05, 4.69) is 10.3 Å². The van der Waals surface area contributed by atoms with Gasteiger partial charge in [0.05, 0.1) is 10.6 Å². The van der Waals surface area contributed by atoms with E-state index in [-0.39, 0.29) is 11.6 Å². The van der Waals surface area contributed by atoms with E-state index >= 15 is 0 Å². The molecule has 3 rings (SSSR count). The Bertz CT molecular complexity index is 986. The second-order valence-electron chi connectivity index (χ2n) is 5.86. The van der Waals surface area contributed by atoms with Gasteiger partial charge in [-0.15, -0.1) is 11.3 Å². The number of hydrogen-bond acceptors (Lipinski definition) is 5. The third-order valence-corrected chi connectivity index (χ3v) is 5.25. The van der Waals surface area contributed by atoms with Crippen LogP contribution in [-0.4, -0.2) is 22.4 Å².